The molecule has 0 spiro atoms. The number of benzene rings is 4. The van der Waals surface area contributed by atoms with Crippen molar-refractivity contribution in [2.45, 2.75) is 24.0 Å². The second-order valence-corrected chi connectivity index (χ2v) is 12.8. The summed E-state index contributed by atoms with van der Waals surface area (Å²) in [6, 6.07) is 30.7. The van der Waals surface area contributed by atoms with Gasteiger partial charge in [0.25, 0.3) is 5.91 Å². The number of amides is 2. The molecule has 1 aliphatic rings. The number of hydrogen-bond donors (Lipinski definition) is 1. The van der Waals surface area contributed by atoms with E-state index in [1.807, 2.05) is 60.7 Å². The Labute approximate surface area is 268 Å². The second kappa shape index (κ2) is 15.2. The maximum Gasteiger partial charge on any atom is 0.261 e. The largest absolute Gasteiger partial charge is 0.484 e. The van der Waals surface area contributed by atoms with Gasteiger partial charge < -0.3 is 19.7 Å². The molecule has 1 atom stereocenters. The summed E-state index contributed by atoms with van der Waals surface area (Å²) in [5.74, 6) is -0.454. The van der Waals surface area contributed by atoms with Crippen molar-refractivity contribution >= 4 is 33.4 Å². The monoisotopic (exact) mass is 647 g/mol. The van der Waals surface area contributed by atoms with Crippen LogP contribution in [0.1, 0.15) is 22.7 Å². The van der Waals surface area contributed by atoms with Gasteiger partial charge in [-0.05, 0) is 53.1 Å². The molecule has 1 N–H and O–H groups in total. The summed E-state index contributed by atoms with van der Waals surface area (Å²) in [5.41, 5.74) is 2.35. The lowest BCUT2D eigenvalue weighted by atomic mass is 10.0. The second-order valence-electron chi connectivity index (χ2n) is 10.4. The van der Waals surface area contributed by atoms with Gasteiger partial charge in [-0.25, -0.2) is 8.42 Å². The van der Waals surface area contributed by atoms with Crippen LogP contribution in [0.5, 0.6) is 5.75 Å². The van der Waals surface area contributed by atoms with Gasteiger partial charge in [-0.2, -0.15) is 4.31 Å². The number of hydrogen-bond acceptors (Lipinski definition) is 6. The molecule has 1 unspecified atom stereocenters. The van der Waals surface area contributed by atoms with Gasteiger partial charge >= 0.3 is 0 Å². The van der Waals surface area contributed by atoms with Crippen LogP contribution in [0.2, 0.25) is 5.02 Å². The predicted octanol–water partition coefficient (Wildman–Crippen LogP) is 4.83. The van der Waals surface area contributed by atoms with Crippen molar-refractivity contribution in [3.63, 3.8) is 0 Å². The topological polar surface area (TPSA) is 105 Å². The molecule has 4 aromatic rings. The summed E-state index contributed by atoms with van der Waals surface area (Å²) in [6.07, 6.45) is 0. The molecule has 0 aliphatic carbocycles. The Kier molecular flexibility index (Phi) is 10.9. The highest BCUT2D eigenvalue weighted by Gasteiger charge is 2.32. The Morgan fingerprint density at radius 1 is 0.844 bits per heavy atom. The molecule has 0 radical (unpaired) electrons. The molecule has 5 rings (SSSR count). The van der Waals surface area contributed by atoms with Crippen LogP contribution in [-0.2, 0) is 37.4 Å². The van der Waals surface area contributed by atoms with E-state index in [9.17, 15) is 18.0 Å². The van der Waals surface area contributed by atoms with E-state index in [2.05, 4.69) is 5.32 Å². The summed E-state index contributed by atoms with van der Waals surface area (Å²) in [4.78, 5) is 29.3. The zero-order chi connectivity index (χ0) is 31.6. The normalized spacial score (nSPS) is 14.3. The van der Waals surface area contributed by atoms with Crippen molar-refractivity contribution in [1.82, 2.24) is 14.5 Å². The molecule has 9 nitrogen and oxygen atoms in total. The standard InChI is InChI=1S/C34H34ClN3O6S/c35-29-13-11-27(12-14-29)24-38(33(28-9-5-2-6-10-28)34(40)36-23-26-7-3-1-4-8-26)32(39)25-44-30-15-17-31(18-16-30)45(41,42)37-19-21-43-22-20-37/h1-18,33H,19-25H2,(H,36,40). The SMILES string of the molecule is O=C(NCc1ccccc1)C(c1ccccc1)N(Cc1ccc(Cl)cc1)C(=O)COc1ccc(S(=O)(=O)N2CCOCC2)cc1. The highest BCUT2D eigenvalue weighted by molar-refractivity contribution is 7.89. The molecular formula is C34H34ClN3O6S. The van der Waals surface area contributed by atoms with Crippen LogP contribution < -0.4 is 10.1 Å². The van der Waals surface area contributed by atoms with Crippen LogP contribution in [0.25, 0.3) is 0 Å². The minimum absolute atomic E-state index is 0.119. The number of halogens is 1. The van der Waals surface area contributed by atoms with Gasteiger partial charge in [0.2, 0.25) is 15.9 Å². The first-order valence-corrected chi connectivity index (χ1v) is 16.3. The minimum atomic E-state index is -3.67. The summed E-state index contributed by atoms with van der Waals surface area (Å²) < 4.78 is 38.5. The Morgan fingerprint density at radius 3 is 2.11 bits per heavy atom. The molecule has 2 amide bonds. The Balaban J connectivity index is 1.36. The van der Waals surface area contributed by atoms with E-state index >= 15 is 0 Å². The fraction of sp³-hybridized carbons (Fsp3) is 0.235. The van der Waals surface area contributed by atoms with E-state index in [1.54, 1.807) is 24.3 Å². The first-order chi connectivity index (χ1) is 21.8. The highest BCUT2D eigenvalue weighted by Crippen LogP contribution is 2.26. The summed E-state index contributed by atoms with van der Waals surface area (Å²) in [7, 11) is -3.67. The lowest BCUT2D eigenvalue weighted by Crippen LogP contribution is -2.45. The zero-order valence-electron chi connectivity index (χ0n) is 24.5. The van der Waals surface area contributed by atoms with Gasteiger partial charge in [-0.15, -0.1) is 0 Å². The predicted molar refractivity (Wildman–Crippen MR) is 171 cm³/mol. The van der Waals surface area contributed by atoms with Crippen LogP contribution in [0.3, 0.4) is 0 Å². The Bertz CT molecular complexity index is 1670. The number of sulfonamides is 1. The first-order valence-electron chi connectivity index (χ1n) is 14.5. The van der Waals surface area contributed by atoms with Crippen LogP contribution in [0.4, 0.5) is 0 Å². The molecule has 1 heterocycles. The zero-order valence-corrected chi connectivity index (χ0v) is 26.1. The number of carbonyl (C=O) groups excluding carboxylic acids is 2. The van der Waals surface area contributed by atoms with Crippen molar-refractivity contribution < 1.29 is 27.5 Å². The van der Waals surface area contributed by atoms with Crippen LogP contribution in [0.15, 0.2) is 114 Å². The van der Waals surface area contributed by atoms with Gasteiger partial charge in [0.1, 0.15) is 11.8 Å². The molecule has 1 fully saturated rings. The number of nitrogens with zero attached hydrogens (tertiary/aromatic N) is 2. The molecule has 234 valence electrons. The molecule has 4 aromatic carbocycles. The molecule has 0 bridgehead atoms. The van der Waals surface area contributed by atoms with Crippen LogP contribution in [0, 0.1) is 0 Å². The quantitative estimate of drug-likeness (QED) is 0.236. The third-order valence-corrected chi connectivity index (χ3v) is 9.53. The maximum atomic E-state index is 13.9. The molecule has 0 saturated carbocycles. The van der Waals surface area contributed by atoms with Gasteiger partial charge in [0.15, 0.2) is 6.61 Å². The third kappa shape index (κ3) is 8.49. The summed E-state index contributed by atoms with van der Waals surface area (Å²) in [6.45, 7) is 1.32. The number of morpholine rings is 1. The number of ether oxygens (including phenoxy) is 2. The smallest absolute Gasteiger partial charge is 0.261 e. The van der Waals surface area contributed by atoms with Crippen molar-refractivity contribution in [2.75, 3.05) is 32.9 Å². The minimum Gasteiger partial charge on any atom is -0.484 e. The van der Waals surface area contributed by atoms with E-state index in [-0.39, 0.29) is 24.0 Å². The summed E-state index contributed by atoms with van der Waals surface area (Å²) in [5, 5.41) is 3.54. The van der Waals surface area contributed by atoms with Gasteiger partial charge in [-0.1, -0.05) is 84.4 Å². The fourth-order valence-electron chi connectivity index (χ4n) is 4.97. The number of rotatable bonds is 12. The molecule has 45 heavy (non-hydrogen) atoms. The van der Waals surface area contributed by atoms with E-state index in [0.29, 0.717) is 49.2 Å². The molecule has 11 heteroatoms. The summed E-state index contributed by atoms with van der Waals surface area (Å²) >= 11 is 6.11. The molecule has 1 aliphatic heterocycles. The maximum absolute atomic E-state index is 13.9. The lowest BCUT2D eigenvalue weighted by Gasteiger charge is -2.31. The molecule has 0 aromatic heterocycles. The van der Waals surface area contributed by atoms with Gasteiger partial charge in [0, 0.05) is 31.2 Å². The van der Waals surface area contributed by atoms with Crippen molar-refractivity contribution in [3.8, 4) is 5.75 Å². The highest BCUT2D eigenvalue weighted by atomic mass is 35.5. The van der Waals surface area contributed by atoms with E-state index < -0.39 is 22.0 Å². The third-order valence-electron chi connectivity index (χ3n) is 7.37. The van der Waals surface area contributed by atoms with E-state index in [4.69, 9.17) is 21.1 Å². The Hall–Kier alpha value is -4.22. The van der Waals surface area contributed by atoms with E-state index in [1.165, 1.54) is 33.5 Å². The average Bonchev–Trinajstić information content (AvgIpc) is 3.08. The van der Waals surface area contributed by atoms with Gasteiger partial charge in [-0.3, -0.25) is 9.59 Å². The fourth-order valence-corrected chi connectivity index (χ4v) is 6.51. The van der Waals surface area contributed by atoms with Crippen LogP contribution in [-0.4, -0.2) is 62.3 Å². The Morgan fingerprint density at radius 2 is 1.47 bits per heavy atom. The number of nitrogens with one attached hydrogen (secondary N) is 1. The number of carbonyl (C=O) groups is 2. The van der Waals surface area contributed by atoms with E-state index in [0.717, 1.165) is 11.1 Å². The lowest BCUT2D eigenvalue weighted by molar-refractivity contribution is -0.143. The average molecular weight is 648 g/mol. The van der Waals surface area contributed by atoms with Crippen LogP contribution >= 0.6 is 11.6 Å². The van der Waals surface area contributed by atoms with Crippen molar-refractivity contribution in [3.05, 3.63) is 131 Å². The molecule has 1 saturated heterocycles. The molecular weight excluding hydrogens is 614 g/mol. The first kappa shape index (κ1) is 32.2. The van der Waals surface area contributed by atoms with Crippen molar-refractivity contribution in [1.29, 1.82) is 0 Å². The van der Waals surface area contributed by atoms with Crippen molar-refractivity contribution in [2.24, 2.45) is 0 Å². The van der Waals surface area contributed by atoms with Gasteiger partial charge in [0.05, 0.1) is 18.1 Å².